The second-order valence-electron chi connectivity index (χ2n) is 6.61. The van der Waals surface area contributed by atoms with Gasteiger partial charge in [0.1, 0.15) is 11.4 Å². The molecule has 8 nitrogen and oxygen atoms in total. The fourth-order valence-electron chi connectivity index (χ4n) is 2.70. The summed E-state index contributed by atoms with van der Waals surface area (Å²) in [4.78, 5) is 25.3. The molecule has 0 spiro atoms. The molecule has 0 aliphatic heterocycles. The van der Waals surface area contributed by atoms with Crippen LogP contribution in [0.1, 0.15) is 35.0 Å². The lowest BCUT2D eigenvalue weighted by atomic mass is 10.1. The summed E-state index contributed by atoms with van der Waals surface area (Å²) in [7, 11) is 3.78. The number of likely N-dealkylation sites (N-methyl/N-ethyl adjacent to an activating group) is 1. The van der Waals surface area contributed by atoms with Crippen molar-refractivity contribution < 1.29 is 14.1 Å². The smallest absolute Gasteiger partial charge is 0.293 e. The van der Waals surface area contributed by atoms with Gasteiger partial charge < -0.3 is 15.1 Å². The van der Waals surface area contributed by atoms with E-state index in [1.807, 2.05) is 25.1 Å². The Hall–Kier alpha value is -2.87. The van der Waals surface area contributed by atoms with E-state index in [1.165, 1.54) is 6.07 Å². The molecule has 1 unspecified atom stereocenters. The third-order valence-electron chi connectivity index (χ3n) is 4.34. The zero-order valence-corrected chi connectivity index (χ0v) is 14.8. The SMILES string of the molecule is CN(C)C(CNC(=O)c1ccc(NC2CC2)c([N+](=O)[O-])c1)c1ccco1. The van der Waals surface area contributed by atoms with E-state index in [-0.39, 0.29) is 23.2 Å². The normalized spacial score (nSPS) is 14.9. The third-order valence-corrected chi connectivity index (χ3v) is 4.34. The molecule has 1 aliphatic rings. The molecule has 0 radical (unpaired) electrons. The fourth-order valence-corrected chi connectivity index (χ4v) is 2.70. The standard InChI is InChI=1S/C18H22N4O4/c1-21(2)16(17-4-3-9-26-17)11-19-18(23)12-5-8-14(20-13-6-7-13)15(10-12)22(24)25/h3-5,8-10,13,16,20H,6-7,11H2,1-2H3,(H,19,23). The molecule has 2 aromatic rings. The maximum atomic E-state index is 12.5. The molecule has 1 heterocycles. The summed E-state index contributed by atoms with van der Waals surface area (Å²) in [6, 6.07) is 8.33. The highest BCUT2D eigenvalue weighted by Gasteiger charge is 2.26. The topological polar surface area (TPSA) is 101 Å². The molecule has 1 saturated carbocycles. The first-order chi connectivity index (χ1) is 12.5. The number of nitro groups is 1. The van der Waals surface area contributed by atoms with Gasteiger partial charge in [-0.3, -0.25) is 19.8 Å². The summed E-state index contributed by atoms with van der Waals surface area (Å²) >= 11 is 0. The molecule has 8 heteroatoms. The average Bonchev–Trinajstić information content (AvgIpc) is 3.25. The van der Waals surface area contributed by atoms with Crippen LogP contribution in [0.25, 0.3) is 0 Å². The molecule has 1 amide bonds. The molecule has 0 saturated heterocycles. The Kier molecular flexibility index (Phi) is 5.22. The molecule has 1 aromatic carbocycles. The lowest BCUT2D eigenvalue weighted by Crippen LogP contribution is -2.34. The summed E-state index contributed by atoms with van der Waals surface area (Å²) in [5, 5.41) is 17.3. The molecule has 1 aromatic heterocycles. The monoisotopic (exact) mass is 358 g/mol. The number of carbonyl (C=O) groups is 1. The van der Waals surface area contributed by atoms with Crippen LogP contribution in [0.15, 0.2) is 41.0 Å². The molecular weight excluding hydrogens is 336 g/mol. The lowest BCUT2D eigenvalue weighted by Gasteiger charge is -2.22. The minimum atomic E-state index is -0.465. The molecular formula is C18H22N4O4. The van der Waals surface area contributed by atoms with Gasteiger partial charge in [0.25, 0.3) is 11.6 Å². The quantitative estimate of drug-likeness (QED) is 0.556. The van der Waals surface area contributed by atoms with E-state index in [0.717, 1.165) is 18.6 Å². The van der Waals surface area contributed by atoms with Crippen LogP contribution in [-0.4, -0.2) is 42.4 Å². The van der Waals surface area contributed by atoms with E-state index in [1.54, 1.807) is 24.5 Å². The van der Waals surface area contributed by atoms with E-state index in [4.69, 9.17) is 4.42 Å². The number of amides is 1. The van der Waals surface area contributed by atoms with E-state index in [2.05, 4.69) is 10.6 Å². The Balaban J connectivity index is 1.70. The van der Waals surface area contributed by atoms with Crippen molar-refractivity contribution in [1.82, 2.24) is 10.2 Å². The zero-order valence-electron chi connectivity index (χ0n) is 14.8. The first-order valence-corrected chi connectivity index (χ1v) is 8.48. The van der Waals surface area contributed by atoms with Crippen LogP contribution < -0.4 is 10.6 Å². The second kappa shape index (κ2) is 7.57. The molecule has 26 heavy (non-hydrogen) atoms. The minimum Gasteiger partial charge on any atom is -0.468 e. The van der Waals surface area contributed by atoms with Crippen LogP contribution in [0.5, 0.6) is 0 Å². The van der Waals surface area contributed by atoms with Crippen molar-refractivity contribution in [3.05, 3.63) is 58.0 Å². The summed E-state index contributed by atoms with van der Waals surface area (Å²) in [6.07, 6.45) is 3.61. The molecule has 2 N–H and O–H groups in total. The van der Waals surface area contributed by atoms with Gasteiger partial charge in [0.05, 0.1) is 17.2 Å². The summed E-state index contributed by atoms with van der Waals surface area (Å²) < 4.78 is 5.41. The summed E-state index contributed by atoms with van der Waals surface area (Å²) in [6.45, 7) is 0.329. The van der Waals surface area contributed by atoms with Crippen molar-refractivity contribution >= 4 is 17.3 Å². The van der Waals surface area contributed by atoms with Crippen molar-refractivity contribution in [1.29, 1.82) is 0 Å². The van der Waals surface area contributed by atoms with Crippen molar-refractivity contribution in [2.45, 2.75) is 24.9 Å². The van der Waals surface area contributed by atoms with Crippen molar-refractivity contribution in [3.8, 4) is 0 Å². The van der Waals surface area contributed by atoms with Crippen molar-refractivity contribution in [3.63, 3.8) is 0 Å². The number of rotatable bonds is 8. The molecule has 0 bridgehead atoms. The van der Waals surface area contributed by atoms with Crippen molar-refractivity contribution in [2.75, 3.05) is 26.0 Å². The number of nitrogens with zero attached hydrogens (tertiary/aromatic N) is 2. The van der Waals surface area contributed by atoms with E-state index >= 15 is 0 Å². The van der Waals surface area contributed by atoms with Gasteiger partial charge in [-0.1, -0.05) is 0 Å². The Morgan fingerprint density at radius 1 is 1.38 bits per heavy atom. The highest BCUT2D eigenvalue weighted by atomic mass is 16.6. The number of carbonyl (C=O) groups excluding carboxylic acids is 1. The fraction of sp³-hybridized carbons (Fsp3) is 0.389. The highest BCUT2D eigenvalue weighted by molar-refractivity contribution is 5.95. The van der Waals surface area contributed by atoms with Crippen LogP contribution in [0.2, 0.25) is 0 Å². The van der Waals surface area contributed by atoms with Crippen LogP contribution in [0.4, 0.5) is 11.4 Å². The maximum absolute atomic E-state index is 12.5. The largest absolute Gasteiger partial charge is 0.468 e. The number of anilines is 1. The lowest BCUT2D eigenvalue weighted by molar-refractivity contribution is -0.384. The van der Waals surface area contributed by atoms with Gasteiger partial charge in [0.2, 0.25) is 0 Å². The molecule has 1 fully saturated rings. The number of benzene rings is 1. The van der Waals surface area contributed by atoms with Gasteiger partial charge in [-0.2, -0.15) is 0 Å². The Labute approximate surface area is 151 Å². The first kappa shape index (κ1) is 17.9. The number of furan rings is 1. The van der Waals surface area contributed by atoms with Gasteiger partial charge in [0.15, 0.2) is 0 Å². The maximum Gasteiger partial charge on any atom is 0.293 e. The summed E-state index contributed by atoms with van der Waals surface area (Å²) in [5.41, 5.74) is 0.630. The van der Waals surface area contributed by atoms with E-state index < -0.39 is 4.92 Å². The van der Waals surface area contributed by atoms with E-state index in [0.29, 0.717) is 18.3 Å². The average molecular weight is 358 g/mol. The first-order valence-electron chi connectivity index (χ1n) is 8.48. The predicted octanol–water partition coefficient (Wildman–Crippen LogP) is 2.79. The van der Waals surface area contributed by atoms with Crippen LogP contribution in [-0.2, 0) is 0 Å². The van der Waals surface area contributed by atoms with Crippen LogP contribution >= 0.6 is 0 Å². The third kappa shape index (κ3) is 4.20. The molecule has 1 aliphatic carbocycles. The van der Waals surface area contributed by atoms with Gasteiger partial charge >= 0.3 is 0 Å². The molecule has 3 rings (SSSR count). The van der Waals surface area contributed by atoms with Crippen molar-refractivity contribution in [2.24, 2.45) is 0 Å². The minimum absolute atomic E-state index is 0.0836. The van der Waals surface area contributed by atoms with Gasteiger partial charge in [0, 0.05) is 24.2 Å². The molecule has 138 valence electrons. The zero-order chi connectivity index (χ0) is 18.7. The summed E-state index contributed by atoms with van der Waals surface area (Å²) in [5.74, 6) is 0.384. The number of nitro benzene ring substituents is 1. The van der Waals surface area contributed by atoms with Gasteiger partial charge in [-0.05, 0) is 51.2 Å². The number of hydrogen-bond acceptors (Lipinski definition) is 6. The van der Waals surface area contributed by atoms with Gasteiger partial charge in [-0.15, -0.1) is 0 Å². The molecule has 1 atom stereocenters. The number of hydrogen-bond donors (Lipinski definition) is 2. The van der Waals surface area contributed by atoms with E-state index in [9.17, 15) is 14.9 Å². The number of nitrogens with one attached hydrogen (secondary N) is 2. The second-order valence-corrected chi connectivity index (χ2v) is 6.61. The predicted molar refractivity (Wildman–Crippen MR) is 97.2 cm³/mol. The van der Waals surface area contributed by atoms with Crippen LogP contribution in [0, 0.1) is 10.1 Å². The van der Waals surface area contributed by atoms with Gasteiger partial charge in [-0.25, -0.2) is 0 Å². The Morgan fingerprint density at radius 3 is 2.73 bits per heavy atom. The van der Waals surface area contributed by atoms with Crippen LogP contribution in [0.3, 0.4) is 0 Å². The highest BCUT2D eigenvalue weighted by Crippen LogP contribution is 2.31. The Bertz CT molecular complexity index is 784. The Morgan fingerprint density at radius 2 is 2.15 bits per heavy atom.